The molecule has 3 aromatic rings. The minimum atomic E-state index is -0.518. The highest BCUT2D eigenvalue weighted by Gasteiger charge is 2.21. The quantitative estimate of drug-likeness (QED) is 0.696. The number of aryl methyl sites for hydroxylation is 1. The molecule has 0 bridgehead atoms. The van der Waals surface area contributed by atoms with Crippen molar-refractivity contribution in [2.75, 3.05) is 5.32 Å². The minimum Gasteiger partial charge on any atom is -0.328 e. The number of rotatable bonds is 4. The molecule has 1 aromatic heterocycles. The van der Waals surface area contributed by atoms with Gasteiger partial charge < -0.3 is 9.88 Å². The number of hydrogen-bond acceptors (Lipinski definition) is 2. The molecule has 5 nitrogen and oxygen atoms in total. The smallest absolute Gasteiger partial charge is 0.279 e. The summed E-state index contributed by atoms with van der Waals surface area (Å²) in [5.74, 6) is -0.464. The summed E-state index contributed by atoms with van der Waals surface area (Å²) in [5.41, 5.74) is 3.40. The SMILES string of the molecule is Cc1ccc(Cn2ccccc2=NC(=O)c2cccc(NC(=O)C(C)(C)C)c2)cc1. The third-order valence-electron chi connectivity index (χ3n) is 4.65. The molecule has 1 N–H and O–H groups in total. The standard InChI is InChI=1S/C25H27N3O2/c1-18-11-13-19(14-12-18)17-28-15-6-5-10-22(28)27-23(29)20-8-7-9-21(16-20)26-24(30)25(2,3)4/h5-16H,17H2,1-4H3,(H,26,30). The largest absolute Gasteiger partial charge is 0.328 e. The first-order valence-corrected chi connectivity index (χ1v) is 9.94. The Morgan fingerprint density at radius 1 is 0.967 bits per heavy atom. The molecular formula is C25H27N3O2. The normalized spacial score (nSPS) is 11.9. The number of nitrogens with zero attached hydrogens (tertiary/aromatic N) is 2. The van der Waals surface area contributed by atoms with E-state index in [1.54, 1.807) is 24.3 Å². The van der Waals surface area contributed by atoms with Gasteiger partial charge in [-0.15, -0.1) is 0 Å². The number of amides is 2. The second-order valence-corrected chi connectivity index (χ2v) is 8.37. The lowest BCUT2D eigenvalue weighted by Gasteiger charge is -2.17. The van der Waals surface area contributed by atoms with Crippen LogP contribution in [0.1, 0.15) is 42.3 Å². The van der Waals surface area contributed by atoms with Crippen molar-refractivity contribution in [2.24, 2.45) is 10.4 Å². The number of benzene rings is 2. The van der Waals surface area contributed by atoms with Crippen LogP contribution in [-0.2, 0) is 11.3 Å². The number of anilines is 1. The van der Waals surface area contributed by atoms with Gasteiger partial charge in [-0.3, -0.25) is 9.59 Å². The third kappa shape index (κ3) is 5.54. The van der Waals surface area contributed by atoms with Crippen molar-refractivity contribution in [1.29, 1.82) is 0 Å². The summed E-state index contributed by atoms with van der Waals surface area (Å²) in [6.07, 6.45) is 1.91. The highest BCUT2D eigenvalue weighted by Crippen LogP contribution is 2.18. The fraction of sp³-hybridized carbons (Fsp3) is 0.240. The van der Waals surface area contributed by atoms with Crippen LogP contribution in [0.5, 0.6) is 0 Å². The predicted octanol–water partition coefficient (Wildman–Crippen LogP) is 4.57. The Balaban J connectivity index is 1.86. The van der Waals surface area contributed by atoms with Crippen LogP contribution < -0.4 is 10.8 Å². The molecule has 3 rings (SSSR count). The first-order chi connectivity index (χ1) is 14.2. The maximum absolute atomic E-state index is 12.8. The molecule has 2 aromatic carbocycles. The molecule has 1 heterocycles. The van der Waals surface area contributed by atoms with E-state index in [2.05, 4.69) is 41.5 Å². The van der Waals surface area contributed by atoms with E-state index >= 15 is 0 Å². The Morgan fingerprint density at radius 3 is 2.40 bits per heavy atom. The van der Waals surface area contributed by atoms with Crippen molar-refractivity contribution >= 4 is 17.5 Å². The molecule has 5 heteroatoms. The third-order valence-corrected chi connectivity index (χ3v) is 4.65. The van der Waals surface area contributed by atoms with Gasteiger partial charge in [0.1, 0.15) is 5.49 Å². The van der Waals surface area contributed by atoms with Crippen molar-refractivity contribution in [3.05, 3.63) is 95.1 Å². The van der Waals surface area contributed by atoms with Crippen LogP contribution in [0.25, 0.3) is 0 Å². The molecule has 0 aliphatic carbocycles. The lowest BCUT2D eigenvalue weighted by Crippen LogP contribution is -2.27. The van der Waals surface area contributed by atoms with E-state index in [-0.39, 0.29) is 11.8 Å². The van der Waals surface area contributed by atoms with Gasteiger partial charge in [-0.05, 0) is 42.8 Å². The molecule has 0 aliphatic rings. The van der Waals surface area contributed by atoms with Gasteiger partial charge in [0.05, 0.1) is 0 Å². The summed E-state index contributed by atoms with van der Waals surface area (Å²) in [5, 5.41) is 2.85. The van der Waals surface area contributed by atoms with Crippen LogP contribution in [0.2, 0.25) is 0 Å². The van der Waals surface area contributed by atoms with Crippen LogP contribution >= 0.6 is 0 Å². The lowest BCUT2D eigenvalue weighted by molar-refractivity contribution is -0.123. The lowest BCUT2D eigenvalue weighted by atomic mass is 9.95. The van der Waals surface area contributed by atoms with E-state index in [9.17, 15) is 9.59 Å². The van der Waals surface area contributed by atoms with Crippen LogP contribution in [0, 0.1) is 12.3 Å². The summed E-state index contributed by atoms with van der Waals surface area (Å²) in [4.78, 5) is 29.4. The number of aromatic nitrogens is 1. The van der Waals surface area contributed by atoms with Gasteiger partial charge >= 0.3 is 0 Å². The maximum Gasteiger partial charge on any atom is 0.279 e. The summed E-state index contributed by atoms with van der Waals surface area (Å²) in [7, 11) is 0. The van der Waals surface area contributed by atoms with E-state index in [0.29, 0.717) is 23.3 Å². The summed E-state index contributed by atoms with van der Waals surface area (Å²) >= 11 is 0. The van der Waals surface area contributed by atoms with Gasteiger partial charge in [0, 0.05) is 29.4 Å². The van der Waals surface area contributed by atoms with Crippen LogP contribution in [0.15, 0.2) is 77.9 Å². The first kappa shape index (κ1) is 21.2. The fourth-order valence-corrected chi connectivity index (χ4v) is 2.81. The molecule has 0 atom stereocenters. The highest BCUT2D eigenvalue weighted by molar-refractivity contribution is 5.98. The average molecular weight is 402 g/mol. The predicted molar refractivity (Wildman–Crippen MR) is 119 cm³/mol. The molecule has 0 saturated carbocycles. The Bertz CT molecular complexity index is 1120. The highest BCUT2D eigenvalue weighted by atomic mass is 16.2. The molecule has 2 amide bonds. The Hall–Kier alpha value is -3.47. The zero-order valence-electron chi connectivity index (χ0n) is 17.8. The second-order valence-electron chi connectivity index (χ2n) is 8.37. The van der Waals surface area contributed by atoms with E-state index in [4.69, 9.17) is 0 Å². The molecule has 0 spiro atoms. The average Bonchev–Trinajstić information content (AvgIpc) is 2.70. The zero-order chi connectivity index (χ0) is 21.7. The van der Waals surface area contributed by atoms with Crippen molar-refractivity contribution in [3.63, 3.8) is 0 Å². The molecule has 0 fully saturated rings. The van der Waals surface area contributed by atoms with E-state index in [1.807, 2.05) is 49.7 Å². The van der Waals surface area contributed by atoms with Crippen LogP contribution in [-0.4, -0.2) is 16.4 Å². The second kappa shape index (κ2) is 8.91. The number of pyridine rings is 1. The van der Waals surface area contributed by atoms with E-state index in [0.717, 1.165) is 5.56 Å². The minimum absolute atomic E-state index is 0.108. The first-order valence-electron chi connectivity index (χ1n) is 9.94. The van der Waals surface area contributed by atoms with E-state index < -0.39 is 5.41 Å². The molecule has 0 aliphatic heterocycles. The fourth-order valence-electron chi connectivity index (χ4n) is 2.81. The van der Waals surface area contributed by atoms with Gasteiger partial charge in [-0.2, -0.15) is 4.99 Å². The Labute approximate surface area is 177 Å². The van der Waals surface area contributed by atoms with Gasteiger partial charge in [-0.1, -0.05) is 62.7 Å². The zero-order valence-corrected chi connectivity index (χ0v) is 17.8. The van der Waals surface area contributed by atoms with Gasteiger partial charge in [0.25, 0.3) is 5.91 Å². The molecule has 0 radical (unpaired) electrons. The summed E-state index contributed by atoms with van der Waals surface area (Å²) in [6, 6.07) is 20.7. The van der Waals surface area contributed by atoms with Gasteiger partial charge in [0.15, 0.2) is 0 Å². The molecule has 30 heavy (non-hydrogen) atoms. The molecule has 154 valence electrons. The molecule has 0 unspecified atom stereocenters. The number of hydrogen-bond donors (Lipinski definition) is 1. The van der Waals surface area contributed by atoms with E-state index in [1.165, 1.54) is 5.56 Å². The van der Waals surface area contributed by atoms with Crippen LogP contribution in [0.4, 0.5) is 5.69 Å². The van der Waals surface area contributed by atoms with Crippen molar-refractivity contribution in [3.8, 4) is 0 Å². The Kier molecular flexibility index (Phi) is 6.31. The maximum atomic E-state index is 12.8. The van der Waals surface area contributed by atoms with Crippen molar-refractivity contribution in [2.45, 2.75) is 34.2 Å². The molecule has 0 saturated heterocycles. The van der Waals surface area contributed by atoms with Crippen LogP contribution in [0.3, 0.4) is 0 Å². The molecular weight excluding hydrogens is 374 g/mol. The summed E-state index contributed by atoms with van der Waals surface area (Å²) < 4.78 is 1.94. The summed E-state index contributed by atoms with van der Waals surface area (Å²) in [6.45, 7) is 8.20. The van der Waals surface area contributed by atoms with Crippen molar-refractivity contribution < 1.29 is 9.59 Å². The van der Waals surface area contributed by atoms with Gasteiger partial charge in [0.2, 0.25) is 5.91 Å². The van der Waals surface area contributed by atoms with Crippen molar-refractivity contribution in [1.82, 2.24) is 4.57 Å². The number of nitrogens with one attached hydrogen (secondary N) is 1. The monoisotopic (exact) mass is 401 g/mol. The number of carbonyl (C=O) groups excluding carboxylic acids is 2. The van der Waals surface area contributed by atoms with Gasteiger partial charge in [-0.25, -0.2) is 0 Å². The topological polar surface area (TPSA) is 63.5 Å². The number of carbonyl (C=O) groups is 2. The Morgan fingerprint density at radius 2 is 1.70 bits per heavy atom.